The fourth-order valence-corrected chi connectivity index (χ4v) is 4.81. The van der Waals surface area contributed by atoms with Crippen LogP contribution in [-0.2, 0) is 0 Å². The van der Waals surface area contributed by atoms with Crippen molar-refractivity contribution in [2.45, 2.75) is 32.4 Å². The van der Waals surface area contributed by atoms with Gasteiger partial charge >= 0.3 is 0 Å². The third-order valence-corrected chi connectivity index (χ3v) is 5.85. The van der Waals surface area contributed by atoms with Crippen LogP contribution in [0.3, 0.4) is 0 Å². The number of carbonyl (C=O) groups is 1. The normalized spacial score (nSPS) is 18.3. The number of phenols is 1. The molecular formula is C21H22ClF2N3O2S. The predicted octanol–water partition coefficient (Wildman–Crippen LogP) is 4.58. The van der Waals surface area contributed by atoms with Crippen LogP contribution in [0, 0.1) is 11.6 Å². The van der Waals surface area contributed by atoms with Gasteiger partial charge in [-0.05, 0) is 50.0 Å². The summed E-state index contributed by atoms with van der Waals surface area (Å²) in [4.78, 5) is 15.2. The molecule has 30 heavy (non-hydrogen) atoms. The molecule has 9 heteroatoms. The Morgan fingerprint density at radius 2 is 1.93 bits per heavy atom. The van der Waals surface area contributed by atoms with Crippen molar-refractivity contribution in [1.82, 2.24) is 14.6 Å². The molecule has 1 fully saturated rings. The van der Waals surface area contributed by atoms with E-state index in [0.717, 1.165) is 12.1 Å². The summed E-state index contributed by atoms with van der Waals surface area (Å²) in [6.45, 7) is 7.13. The molecule has 3 aromatic rings. The Balaban J connectivity index is 0.00000256. The molecule has 0 unspecified atom stereocenters. The number of nitrogens with one attached hydrogen (secondary N) is 1. The number of hydrogen-bond acceptors (Lipinski definition) is 5. The zero-order valence-corrected chi connectivity index (χ0v) is 18.3. The van der Waals surface area contributed by atoms with Crippen molar-refractivity contribution in [3.63, 3.8) is 0 Å². The maximum Gasteiger partial charge on any atom is 0.255 e. The number of aromatic nitrogens is 1. The molecule has 1 saturated heterocycles. The molecule has 160 valence electrons. The molecule has 0 bridgehead atoms. The highest BCUT2D eigenvalue weighted by Crippen LogP contribution is 2.35. The lowest BCUT2D eigenvalue weighted by Crippen LogP contribution is -2.62. The lowest BCUT2D eigenvalue weighted by molar-refractivity contribution is 0.0598. The first-order chi connectivity index (χ1) is 13.6. The number of amides is 1. The van der Waals surface area contributed by atoms with Gasteiger partial charge in [0.05, 0.1) is 15.8 Å². The molecule has 0 radical (unpaired) electrons. The lowest BCUT2D eigenvalue weighted by atomic mass is 9.96. The summed E-state index contributed by atoms with van der Waals surface area (Å²) in [5, 5.41) is 13.5. The van der Waals surface area contributed by atoms with E-state index in [1.165, 1.54) is 17.6 Å². The number of phenolic OH excluding ortho intramolecular Hbond substituents is 1. The van der Waals surface area contributed by atoms with Gasteiger partial charge in [0.15, 0.2) is 0 Å². The van der Waals surface area contributed by atoms with Gasteiger partial charge in [0, 0.05) is 48.4 Å². The van der Waals surface area contributed by atoms with Crippen molar-refractivity contribution in [1.29, 1.82) is 0 Å². The van der Waals surface area contributed by atoms with Crippen LogP contribution in [0.1, 0.15) is 31.1 Å². The summed E-state index contributed by atoms with van der Waals surface area (Å²) in [5.74, 6) is -2.46. The number of benzene rings is 2. The number of aromatic hydroxyl groups is 1. The monoisotopic (exact) mass is 453 g/mol. The van der Waals surface area contributed by atoms with Gasteiger partial charge in [-0.1, -0.05) is 0 Å². The molecular weight excluding hydrogens is 432 g/mol. The molecule has 1 aliphatic rings. The highest BCUT2D eigenvalue weighted by molar-refractivity contribution is 7.13. The van der Waals surface area contributed by atoms with Gasteiger partial charge in [0.1, 0.15) is 17.4 Å². The van der Waals surface area contributed by atoms with E-state index < -0.39 is 17.4 Å². The summed E-state index contributed by atoms with van der Waals surface area (Å²) in [6, 6.07) is 4.96. The van der Waals surface area contributed by atoms with Gasteiger partial charge in [-0.25, -0.2) is 8.78 Å². The Morgan fingerprint density at radius 1 is 1.27 bits per heavy atom. The average molecular weight is 454 g/mol. The van der Waals surface area contributed by atoms with Crippen LogP contribution in [0.5, 0.6) is 5.75 Å². The second kappa shape index (κ2) is 8.09. The summed E-state index contributed by atoms with van der Waals surface area (Å²) in [7, 11) is 0. The van der Waals surface area contributed by atoms with Crippen LogP contribution in [0.15, 0.2) is 30.5 Å². The van der Waals surface area contributed by atoms with Gasteiger partial charge in [-0.15, -0.1) is 12.4 Å². The van der Waals surface area contributed by atoms with Crippen LogP contribution in [0.4, 0.5) is 8.78 Å². The first kappa shape index (κ1) is 22.4. The largest absolute Gasteiger partial charge is 0.508 e. The van der Waals surface area contributed by atoms with Crippen molar-refractivity contribution in [3.05, 3.63) is 47.7 Å². The van der Waals surface area contributed by atoms with E-state index in [0.29, 0.717) is 28.7 Å². The Labute approximate surface area is 183 Å². The molecule has 0 aliphatic carbocycles. The Kier molecular flexibility index (Phi) is 6.04. The number of piperazine rings is 1. The van der Waals surface area contributed by atoms with Crippen molar-refractivity contribution in [2.24, 2.45) is 0 Å². The second-order valence-corrected chi connectivity index (χ2v) is 8.97. The molecule has 4 rings (SSSR count). The Hall–Kier alpha value is -2.29. The lowest BCUT2D eigenvalue weighted by Gasteiger charge is -2.42. The number of rotatable bonds is 2. The zero-order chi connectivity index (χ0) is 20.9. The standard InChI is InChI=1S/C21H21F2N3O2S.ClH/c1-11-9-26(10-21(2,3)25-11)20(28)15-5-12(4-13-8-24-29-19(13)15)18-16(22)6-14(27)7-17(18)23;/h4-8,11,25,27H,9-10H2,1-3H3;1H/t11-;/m1./s1. The first-order valence-electron chi connectivity index (χ1n) is 9.28. The number of hydrogen-bond donors (Lipinski definition) is 2. The van der Waals surface area contributed by atoms with Gasteiger partial charge in [-0.2, -0.15) is 4.37 Å². The number of halogens is 3. The number of carbonyl (C=O) groups excluding carboxylic acids is 1. The minimum absolute atomic E-state index is 0. The number of nitrogens with zero attached hydrogens (tertiary/aromatic N) is 2. The highest BCUT2D eigenvalue weighted by atomic mass is 35.5. The fraction of sp³-hybridized carbons (Fsp3) is 0.333. The minimum atomic E-state index is -0.889. The molecule has 0 saturated carbocycles. The highest BCUT2D eigenvalue weighted by Gasteiger charge is 2.33. The molecule has 5 nitrogen and oxygen atoms in total. The Morgan fingerprint density at radius 3 is 2.57 bits per heavy atom. The maximum atomic E-state index is 14.4. The molecule has 2 heterocycles. The Bertz CT molecular complexity index is 1100. The van der Waals surface area contributed by atoms with Crippen LogP contribution in [0.25, 0.3) is 21.2 Å². The van der Waals surface area contributed by atoms with E-state index in [1.807, 2.05) is 20.8 Å². The minimum Gasteiger partial charge on any atom is -0.508 e. The summed E-state index contributed by atoms with van der Waals surface area (Å²) >= 11 is 1.18. The van der Waals surface area contributed by atoms with Gasteiger partial charge in [0.2, 0.25) is 0 Å². The van der Waals surface area contributed by atoms with E-state index in [2.05, 4.69) is 9.69 Å². The molecule has 2 aromatic carbocycles. The van der Waals surface area contributed by atoms with E-state index in [1.54, 1.807) is 17.2 Å². The molecule has 1 aromatic heterocycles. The SMILES string of the molecule is C[C@@H]1CN(C(=O)c2cc(-c3c(F)cc(O)cc3F)cc3cnsc23)CC(C)(C)N1.Cl. The first-order valence-corrected chi connectivity index (χ1v) is 10.1. The van der Waals surface area contributed by atoms with Crippen molar-refractivity contribution in [3.8, 4) is 16.9 Å². The zero-order valence-electron chi connectivity index (χ0n) is 16.7. The van der Waals surface area contributed by atoms with Gasteiger partial charge in [0.25, 0.3) is 5.91 Å². The maximum absolute atomic E-state index is 14.4. The van der Waals surface area contributed by atoms with Gasteiger partial charge < -0.3 is 15.3 Å². The van der Waals surface area contributed by atoms with Crippen LogP contribution in [-0.4, -0.2) is 45.0 Å². The molecule has 1 amide bonds. The molecule has 1 atom stereocenters. The van der Waals surface area contributed by atoms with Crippen molar-refractivity contribution >= 4 is 39.9 Å². The average Bonchev–Trinajstić information content (AvgIpc) is 3.06. The third kappa shape index (κ3) is 4.12. The van der Waals surface area contributed by atoms with E-state index in [-0.39, 0.29) is 41.0 Å². The van der Waals surface area contributed by atoms with E-state index in [9.17, 15) is 18.7 Å². The van der Waals surface area contributed by atoms with E-state index >= 15 is 0 Å². The molecule has 0 spiro atoms. The quantitative estimate of drug-likeness (QED) is 0.596. The van der Waals surface area contributed by atoms with Crippen molar-refractivity contribution < 1.29 is 18.7 Å². The summed E-state index contributed by atoms with van der Waals surface area (Å²) in [5.41, 5.74) is 0.0849. The topological polar surface area (TPSA) is 65.5 Å². The van der Waals surface area contributed by atoms with E-state index in [4.69, 9.17) is 0 Å². The van der Waals surface area contributed by atoms with Crippen LogP contribution < -0.4 is 5.32 Å². The summed E-state index contributed by atoms with van der Waals surface area (Å²) < 4.78 is 33.7. The van der Waals surface area contributed by atoms with Crippen LogP contribution in [0.2, 0.25) is 0 Å². The molecule has 2 N–H and O–H groups in total. The summed E-state index contributed by atoms with van der Waals surface area (Å²) in [6.07, 6.45) is 1.58. The van der Waals surface area contributed by atoms with Gasteiger partial charge in [-0.3, -0.25) is 4.79 Å². The van der Waals surface area contributed by atoms with Crippen LogP contribution >= 0.6 is 23.9 Å². The van der Waals surface area contributed by atoms with Crippen molar-refractivity contribution in [2.75, 3.05) is 13.1 Å². The predicted molar refractivity (Wildman–Crippen MR) is 116 cm³/mol. The fourth-order valence-electron chi connectivity index (χ4n) is 4.08. The third-order valence-electron chi connectivity index (χ3n) is 5.00. The molecule has 1 aliphatic heterocycles. The second-order valence-electron chi connectivity index (χ2n) is 8.17. The number of fused-ring (bicyclic) bond motifs is 1. The smallest absolute Gasteiger partial charge is 0.255 e.